The zero-order valence-corrected chi connectivity index (χ0v) is 12.8. The summed E-state index contributed by atoms with van der Waals surface area (Å²) in [5, 5.41) is 11.9. The van der Waals surface area contributed by atoms with E-state index in [1.165, 1.54) is 13.0 Å². The predicted octanol–water partition coefficient (Wildman–Crippen LogP) is 2.64. The van der Waals surface area contributed by atoms with Crippen LogP contribution in [-0.4, -0.2) is 23.0 Å². The van der Waals surface area contributed by atoms with E-state index in [2.05, 4.69) is 21.2 Å². The van der Waals surface area contributed by atoms with Gasteiger partial charge in [-0.3, -0.25) is 9.59 Å². The first-order valence-corrected chi connectivity index (χ1v) is 7.21. The van der Waals surface area contributed by atoms with E-state index in [9.17, 15) is 23.5 Å². The Bertz CT molecular complexity index is 604. The SMILES string of the molecule is CC(Cc1c(F)ccc(Br)c1F)(C(=O)O)C(=O)NC1CC1. The van der Waals surface area contributed by atoms with E-state index in [1.54, 1.807) is 0 Å². The van der Waals surface area contributed by atoms with Crippen molar-refractivity contribution in [2.24, 2.45) is 5.41 Å². The van der Waals surface area contributed by atoms with Crippen molar-refractivity contribution in [2.45, 2.75) is 32.2 Å². The number of carbonyl (C=O) groups excluding carboxylic acids is 1. The highest BCUT2D eigenvalue weighted by Gasteiger charge is 2.44. The lowest BCUT2D eigenvalue weighted by Gasteiger charge is -2.24. The smallest absolute Gasteiger partial charge is 0.319 e. The van der Waals surface area contributed by atoms with Gasteiger partial charge in [-0.05, 0) is 47.8 Å². The zero-order chi connectivity index (χ0) is 15.8. The molecule has 1 amide bonds. The summed E-state index contributed by atoms with van der Waals surface area (Å²) in [5.74, 6) is -3.90. The maximum absolute atomic E-state index is 14.0. The standard InChI is InChI=1S/C14H14BrF2NO3/c1-14(13(20)21,12(19)18-7-2-3-7)6-8-10(16)5-4-9(15)11(8)17/h4-5,7H,2-3,6H2,1H3,(H,18,19)(H,20,21). The van der Waals surface area contributed by atoms with E-state index in [-0.39, 0.29) is 10.5 Å². The number of benzene rings is 1. The molecule has 1 atom stereocenters. The number of carbonyl (C=O) groups is 2. The van der Waals surface area contributed by atoms with Crippen LogP contribution >= 0.6 is 15.9 Å². The Kier molecular flexibility index (Phi) is 4.32. The van der Waals surface area contributed by atoms with Gasteiger partial charge in [0.2, 0.25) is 5.91 Å². The van der Waals surface area contributed by atoms with Crippen molar-refractivity contribution in [1.82, 2.24) is 5.32 Å². The second kappa shape index (κ2) is 5.71. The molecule has 1 fully saturated rings. The maximum atomic E-state index is 14.0. The highest BCUT2D eigenvalue weighted by atomic mass is 79.9. The van der Waals surface area contributed by atoms with Gasteiger partial charge in [-0.15, -0.1) is 0 Å². The Morgan fingerprint density at radius 1 is 1.43 bits per heavy atom. The third kappa shape index (κ3) is 3.23. The minimum absolute atomic E-state index is 0.0224. The number of hydrogen-bond acceptors (Lipinski definition) is 2. The molecule has 0 aliphatic heterocycles. The van der Waals surface area contributed by atoms with Crippen LogP contribution in [0.4, 0.5) is 8.78 Å². The van der Waals surface area contributed by atoms with Crippen molar-refractivity contribution in [1.29, 1.82) is 0 Å². The van der Waals surface area contributed by atoms with Crippen LogP contribution in [0, 0.1) is 17.0 Å². The Hall–Kier alpha value is -1.50. The molecule has 21 heavy (non-hydrogen) atoms. The average Bonchev–Trinajstić information content (AvgIpc) is 3.22. The molecule has 1 aliphatic rings. The number of nitrogens with one attached hydrogen (secondary N) is 1. The van der Waals surface area contributed by atoms with Crippen molar-refractivity contribution >= 4 is 27.8 Å². The van der Waals surface area contributed by atoms with Gasteiger partial charge >= 0.3 is 5.97 Å². The second-order valence-electron chi connectivity index (χ2n) is 5.38. The largest absolute Gasteiger partial charge is 0.480 e. The number of hydrogen-bond donors (Lipinski definition) is 2. The molecule has 1 aliphatic carbocycles. The Balaban J connectivity index is 2.33. The molecule has 0 heterocycles. The molecule has 1 aromatic carbocycles. The third-order valence-corrected chi connectivity index (χ3v) is 4.17. The van der Waals surface area contributed by atoms with Gasteiger partial charge in [0, 0.05) is 18.0 Å². The van der Waals surface area contributed by atoms with Crippen molar-refractivity contribution in [2.75, 3.05) is 0 Å². The summed E-state index contributed by atoms with van der Waals surface area (Å²) in [5.41, 5.74) is -2.34. The van der Waals surface area contributed by atoms with Crippen LogP contribution < -0.4 is 5.32 Å². The molecule has 2 N–H and O–H groups in total. The lowest BCUT2D eigenvalue weighted by atomic mass is 9.82. The summed E-state index contributed by atoms with van der Waals surface area (Å²) in [6, 6.07) is 2.19. The normalized spacial score (nSPS) is 17.1. The minimum Gasteiger partial charge on any atom is -0.480 e. The van der Waals surface area contributed by atoms with Gasteiger partial charge < -0.3 is 10.4 Å². The molecule has 2 rings (SSSR count). The molecule has 114 valence electrons. The number of rotatable bonds is 5. The number of halogens is 3. The molecule has 0 bridgehead atoms. The number of amides is 1. The van der Waals surface area contributed by atoms with Crippen molar-refractivity contribution in [3.63, 3.8) is 0 Å². The van der Waals surface area contributed by atoms with Gasteiger partial charge in [0.05, 0.1) is 4.47 Å². The Morgan fingerprint density at radius 3 is 2.57 bits per heavy atom. The molecule has 1 unspecified atom stereocenters. The third-order valence-electron chi connectivity index (χ3n) is 3.55. The van der Waals surface area contributed by atoms with E-state index < -0.39 is 40.9 Å². The molecule has 1 saturated carbocycles. The summed E-state index contributed by atoms with van der Waals surface area (Å²) in [6.07, 6.45) is 1.03. The molecular weight excluding hydrogens is 348 g/mol. The summed E-state index contributed by atoms with van der Waals surface area (Å²) in [6.45, 7) is 1.17. The second-order valence-corrected chi connectivity index (χ2v) is 6.24. The lowest BCUT2D eigenvalue weighted by Crippen LogP contribution is -2.47. The molecule has 0 radical (unpaired) electrons. The van der Waals surface area contributed by atoms with Gasteiger partial charge in [0.15, 0.2) is 0 Å². The quantitative estimate of drug-likeness (QED) is 0.625. The monoisotopic (exact) mass is 361 g/mol. The topological polar surface area (TPSA) is 66.4 Å². The van der Waals surface area contributed by atoms with E-state index in [0.717, 1.165) is 18.9 Å². The summed E-state index contributed by atoms with van der Waals surface area (Å²) in [7, 11) is 0. The van der Waals surface area contributed by atoms with Crippen LogP contribution in [0.25, 0.3) is 0 Å². The summed E-state index contributed by atoms with van der Waals surface area (Å²) < 4.78 is 27.8. The first-order valence-electron chi connectivity index (χ1n) is 6.42. The van der Waals surface area contributed by atoms with Gasteiger partial charge in [0.1, 0.15) is 17.0 Å². The van der Waals surface area contributed by atoms with E-state index in [4.69, 9.17) is 0 Å². The van der Waals surface area contributed by atoms with Gasteiger partial charge in [-0.1, -0.05) is 0 Å². The van der Waals surface area contributed by atoms with Crippen LogP contribution in [0.15, 0.2) is 16.6 Å². The summed E-state index contributed by atoms with van der Waals surface area (Å²) >= 11 is 2.92. The zero-order valence-electron chi connectivity index (χ0n) is 11.3. The van der Waals surface area contributed by atoms with Crippen LogP contribution in [0.2, 0.25) is 0 Å². The van der Waals surface area contributed by atoms with E-state index >= 15 is 0 Å². The fourth-order valence-electron chi connectivity index (χ4n) is 1.91. The van der Waals surface area contributed by atoms with Crippen molar-refractivity contribution in [3.8, 4) is 0 Å². The molecular formula is C14H14BrF2NO3. The van der Waals surface area contributed by atoms with Gasteiger partial charge in [-0.25, -0.2) is 8.78 Å². The Labute approximate surface area is 128 Å². The van der Waals surface area contributed by atoms with Crippen LogP contribution in [-0.2, 0) is 16.0 Å². The molecule has 0 saturated heterocycles. The van der Waals surface area contributed by atoms with E-state index in [1.807, 2.05) is 0 Å². The molecule has 0 spiro atoms. The number of aliphatic carboxylic acids is 1. The van der Waals surface area contributed by atoms with E-state index in [0.29, 0.717) is 0 Å². The lowest BCUT2D eigenvalue weighted by molar-refractivity contribution is -0.154. The van der Waals surface area contributed by atoms with Crippen LogP contribution in [0.3, 0.4) is 0 Å². The van der Waals surface area contributed by atoms with Gasteiger partial charge in [0.25, 0.3) is 0 Å². The number of carboxylic acid groups (broad SMARTS) is 1. The number of carboxylic acids is 1. The maximum Gasteiger partial charge on any atom is 0.319 e. The highest BCUT2D eigenvalue weighted by molar-refractivity contribution is 9.10. The minimum atomic E-state index is -1.93. The first-order chi connectivity index (χ1) is 9.75. The molecule has 7 heteroatoms. The predicted molar refractivity (Wildman–Crippen MR) is 74.7 cm³/mol. The van der Waals surface area contributed by atoms with Crippen molar-refractivity contribution in [3.05, 3.63) is 33.8 Å². The van der Waals surface area contributed by atoms with Crippen LogP contribution in [0.1, 0.15) is 25.3 Å². The molecule has 1 aromatic rings. The van der Waals surface area contributed by atoms with Crippen LogP contribution in [0.5, 0.6) is 0 Å². The average molecular weight is 362 g/mol. The first kappa shape index (κ1) is 15.9. The Morgan fingerprint density at radius 2 is 2.05 bits per heavy atom. The van der Waals surface area contributed by atoms with Crippen molar-refractivity contribution < 1.29 is 23.5 Å². The fourth-order valence-corrected chi connectivity index (χ4v) is 2.28. The summed E-state index contributed by atoms with van der Waals surface area (Å²) in [4.78, 5) is 23.6. The molecule has 0 aromatic heterocycles. The fraction of sp³-hybridized carbons (Fsp3) is 0.429. The van der Waals surface area contributed by atoms with Gasteiger partial charge in [-0.2, -0.15) is 0 Å². The highest BCUT2D eigenvalue weighted by Crippen LogP contribution is 2.31. The molecule has 4 nitrogen and oxygen atoms in total.